The van der Waals surface area contributed by atoms with E-state index in [0.29, 0.717) is 18.5 Å². The number of carbonyl (C=O) groups is 2. The average Bonchev–Trinajstić information content (AvgIpc) is 2.41. The minimum Gasteiger partial charge on any atom is -0.481 e. The van der Waals surface area contributed by atoms with Crippen LogP contribution >= 0.6 is 11.8 Å². The number of rotatable bonds is 8. The molecule has 0 unspecified atom stereocenters. The summed E-state index contributed by atoms with van der Waals surface area (Å²) in [5.41, 5.74) is 1.81. The molecule has 0 aliphatic rings. The highest BCUT2D eigenvalue weighted by Gasteiger charge is 2.05. The second-order valence-corrected chi connectivity index (χ2v) is 5.36. The molecular formula is C14H19NO3S. The summed E-state index contributed by atoms with van der Waals surface area (Å²) in [7, 11) is 0. The second-order valence-electron chi connectivity index (χ2n) is 4.09. The number of carboxylic acids is 1. The Labute approximate surface area is 117 Å². The molecule has 1 rings (SSSR count). The Morgan fingerprint density at radius 3 is 2.53 bits per heavy atom. The number of hydrogen-bond acceptors (Lipinski definition) is 3. The van der Waals surface area contributed by atoms with E-state index in [4.69, 9.17) is 5.11 Å². The minimum atomic E-state index is -0.841. The van der Waals surface area contributed by atoms with Crippen LogP contribution in [0.4, 0.5) is 0 Å². The zero-order valence-electron chi connectivity index (χ0n) is 11.0. The summed E-state index contributed by atoms with van der Waals surface area (Å²) in [6.45, 7) is 2.50. The van der Waals surface area contributed by atoms with Gasteiger partial charge in [-0.2, -0.15) is 11.8 Å². The summed E-state index contributed by atoms with van der Waals surface area (Å²) in [6.07, 6.45) is 0.528. The number of carbonyl (C=O) groups excluding carboxylic acids is 1. The fourth-order valence-electron chi connectivity index (χ4n) is 1.52. The van der Waals surface area contributed by atoms with Crippen LogP contribution in [0.25, 0.3) is 0 Å². The molecule has 19 heavy (non-hydrogen) atoms. The first-order valence-corrected chi connectivity index (χ1v) is 7.45. The molecule has 0 spiro atoms. The van der Waals surface area contributed by atoms with Crippen molar-refractivity contribution in [2.24, 2.45) is 0 Å². The van der Waals surface area contributed by atoms with Gasteiger partial charge in [-0.15, -0.1) is 0 Å². The molecule has 1 aromatic rings. The summed E-state index contributed by atoms with van der Waals surface area (Å²) < 4.78 is 0. The van der Waals surface area contributed by atoms with Gasteiger partial charge in [0.25, 0.3) is 5.91 Å². The Kier molecular flexibility index (Phi) is 7.03. The molecule has 0 fully saturated rings. The van der Waals surface area contributed by atoms with Gasteiger partial charge >= 0.3 is 5.97 Å². The van der Waals surface area contributed by atoms with E-state index in [1.54, 1.807) is 12.1 Å². The van der Waals surface area contributed by atoms with Crippen molar-refractivity contribution in [3.05, 3.63) is 35.4 Å². The maximum absolute atomic E-state index is 11.8. The van der Waals surface area contributed by atoms with Crippen LogP contribution in [0, 0.1) is 0 Å². The monoisotopic (exact) mass is 281 g/mol. The summed E-state index contributed by atoms with van der Waals surface area (Å²) in [5, 5.41) is 11.2. The highest BCUT2D eigenvalue weighted by atomic mass is 32.2. The molecule has 5 heteroatoms. The molecule has 0 aliphatic heterocycles. The van der Waals surface area contributed by atoms with Gasteiger partial charge in [0.05, 0.1) is 0 Å². The van der Waals surface area contributed by atoms with Crippen molar-refractivity contribution >= 4 is 23.6 Å². The highest BCUT2D eigenvalue weighted by molar-refractivity contribution is 7.98. The molecule has 1 amide bonds. The molecule has 0 saturated carbocycles. The molecular weight excluding hydrogens is 262 g/mol. The number of thioether (sulfide) groups is 1. The van der Waals surface area contributed by atoms with Crippen molar-refractivity contribution in [1.82, 2.24) is 5.32 Å². The van der Waals surface area contributed by atoms with Gasteiger partial charge in [0.1, 0.15) is 0 Å². The lowest BCUT2D eigenvalue weighted by Gasteiger charge is -2.05. The third-order valence-electron chi connectivity index (χ3n) is 2.54. The van der Waals surface area contributed by atoms with Gasteiger partial charge in [0.15, 0.2) is 0 Å². The van der Waals surface area contributed by atoms with Crippen molar-refractivity contribution in [2.75, 3.05) is 12.3 Å². The zero-order valence-corrected chi connectivity index (χ0v) is 11.8. The second kappa shape index (κ2) is 8.58. The summed E-state index contributed by atoms with van der Waals surface area (Å²) in [6, 6.07) is 7.51. The van der Waals surface area contributed by atoms with E-state index in [9.17, 15) is 9.59 Å². The molecule has 0 heterocycles. The first kappa shape index (κ1) is 15.6. The topological polar surface area (TPSA) is 66.4 Å². The van der Waals surface area contributed by atoms with Crippen LogP contribution in [0.2, 0.25) is 0 Å². The molecule has 0 bridgehead atoms. The number of nitrogens with one attached hydrogen (secondary N) is 1. The van der Waals surface area contributed by atoms with Crippen molar-refractivity contribution < 1.29 is 14.7 Å². The van der Waals surface area contributed by atoms with E-state index in [1.165, 1.54) is 5.56 Å². The van der Waals surface area contributed by atoms with Gasteiger partial charge in [-0.1, -0.05) is 19.1 Å². The van der Waals surface area contributed by atoms with Crippen LogP contribution < -0.4 is 5.32 Å². The Morgan fingerprint density at radius 2 is 1.95 bits per heavy atom. The Morgan fingerprint density at radius 1 is 1.26 bits per heavy atom. The van der Waals surface area contributed by atoms with Gasteiger partial charge in [0, 0.05) is 24.3 Å². The lowest BCUT2D eigenvalue weighted by Crippen LogP contribution is -2.24. The van der Waals surface area contributed by atoms with Crippen LogP contribution in [0.5, 0.6) is 0 Å². The van der Waals surface area contributed by atoms with Gasteiger partial charge < -0.3 is 10.4 Å². The standard InChI is InChI=1S/C14H19NO3S/c1-2-19-10-11-5-7-12(8-6-11)14(18)15-9-3-4-13(16)17/h5-8H,2-4,9-10H2,1H3,(H,15,18)(H,16,17). The molecule has 1 aromatic carbocycles. The Balaban J connectivity index is 2.37. The molecule has 0 radical (unpaired) electrons. The number of carboxylic acid groups (broad SMARTS) is 1. The molecule has 0 saturated heterocycles. The largest absolute Gasteiger partial charge is 0.481 e. The lowest BCUT2D eigenvalue weighted by atomic mass is 10.1. The van der Waals surface area contributed by atoms with E-state index in [-0.39, 0.29) is 12.3 Å². The van der Waals surface area contributed by atoms with Crippen LogP contribution in [-0.2, 0) is 10.5 Å². The first-order valence-electron chi connectivity index (χ1n) is 6.30. The van der Waals surface area contributed by atoms with E-state index >= 15 is 0 Å². The van der Waals surface area contributed by atoms with Crippen LogP contribution in [-0.4, -0.2) is 29.3 Å². The zero-order chi connectivity index (χ0) is 14.1. The van der Waals surface area contributed by atoms with Crippen molar-refractivity contribution in [1.29, 1.82) is 0 Å². The molecule has 0 aromatic heterocycles. The summed E-state index contributed by atoms with van der Waals surface area (Å²) >= 11 is 1.84. The smallest absolute Gasteiger partial charge is 0.303 e. The van der Waals surface area contributed by atoms with E-state index in [1.807, 2.05) is 23.9 Å². The number of amides is 1. The third-order valence-corrected chi connectivity index (χ3v) is 3.49. The van der Waals surface area contributed by atoms with E-state index in [0.717, 1.165) is 11.5 Å². The minimum absolute atomic E-state index is 0.0768. The van der Waals surface area contributed by atoms with Gasteiger partial charge in [0.2, 0.25) is 0 Å². The van der Waals surface area contributed by atoms with E-state index in [2.05, 4.69) is 12.2 Å². The average molecular weight is 281 g/mol. The van der Waals surface area contributed by atoms with E-state index < -0.39 is 5.97 Å². The van der Waals surface area contributed by atoms with Crippen LogP contribution in [0.1, 0.15) is 35.7 Å². The number of aliphatic carboxylic acids is 1. The molecule has 0 aliphatic carbocycles. The van der Waals surface area contributed by atoms with Crippen molar-refractivity contribution in [3.8, 4) is 0 Å². The molecule has 4 nitrogen and oxygen atoms in total. The SMILES string of the molecule is CCSCc1ccc(C(=O)NCCCC(=O)O)cc1. The fourth-order valence-corrected chi connectivity index (χ4v) is 2.15. The summed E-state index contributed by atoms with van der Waals surface area (Å²) in [5.74, 6) is 1.04. The summed E-state index contributed by atoms with van der Waals surface area (Å²) in [4.78, 5) is 22.1. The van der Waals surface area contributed by atoms with Crippen molar-refractivity contribution in [2.45, 2.75) is 25.5 Å². The van der Waals surface area contributed by atoms with Crippen LogP contribution in [0.3, 0.4) is 0 Å². The van der Waals surface area contributed by atoms with Crippen molar-refractivity contribution in [3.63, 3.8) is 0 Å². The maximum Gasteiger partial charge on any atom is 0.303 e. The fraction of sp³-hybridized carbons (Fsp3) is 0.429. The lowest BCUT2D eigenvalue weighted by molar-refractivity contribution is -0.137. The van der Waals surface area contributed by atoms with Gasteiger partial charge in [-0.25, -0.2) is 0 Å². The molecule has 104 valence electrons. The van der Waals surface area contributed by atoms with Gasteiger partial charge in [-0.3, -0.25) is 9.59 Å². The molecule has 2 N–H and O–H groups in total. The highest BCUT2D eigenvalue weighted by Crippen LogP contribution is 2.12. The first-order chi connectivity index (χ1) is 9.13. The quantitative estimate of drug-likeness (QED) is 0.719. The normalized spacial score (nSPS) is 10.2. The van der Waals surface area contributed by atoms with Crippen LogP contribution in [0.15, 0.2) is 24.3 Å². The molecule has 0 atom stereocenters. The predicted molar refractivity (Wildman–Crippen MR) is 77.5 cm³/mol. The number of benzene rings is 1. The Hall–Kier alpha value is -1.49. The van der Waals surface area contributed by atoms with Gasteiger partial charge in [-0.05, 0) is 29.9 Å². The third kappa shape index (κ3) is 6.29. The maximum atomic E-state index is 11.8. The number of hydrogen-bond donors (Lipinski definition) is 2. The predicted octanol–water partition coefficient (Wildman–Crippen LogP) is 2.53. The Bertz CT molecular complexity index is 417.